The van der Waals surface area contributed by atoms with Gasteiger partial charge in [-0.05, 0) is 48.3 Å². The molecule has 5 aromatic rings. The SMILES string of the molecule is COc1cccc(-c2ccc(-c3cc4c(C(=O)c5cc(OC(C)C)no5)c(O)[nH]c4cc3Cl)cc2)c1O. The number of hydrogen-bond acceptors (Lipinski definition) is 7. The van der Waals surface area contributed by atoms with Gasteiger partial charge in [0.05, 0.1) is 35.4 Å². The van der Waals surface area contributed by atoms with Crippen LogP contribution in [0.25, 0.3) is 33.2 Å². The lowest BCUT2D eigenvalue weighted by Gasteiger charge is -2.10. The standard InChI is InChI=1S/C28H23ClN2O6/c1-14(2)36-24-13-23(37-31-24)27(33)25-19-11-18(20(29)12-21(19)30-28(25)34)16-9-7-15(8-10-16)17-5-4-6-22(35-3)26(17)32/h4-14,30,32,34H,1-3H3. The molecule has 9 heteroatoms. The molecular weight excluding hydrogens is 496 g/mol. The van der Waals surface area contributed by atoms with Crippen LogP contribution in [-0.4, -0.2) is 39.4 Å². The molecule has 3 N–H and O–H groups in total. The number of phenolic OH excluding ortho intramolecular Hbond substituents is 1. The third-order valence-corrected chi connectivity index (χ3v) is 6.20. The summed E-state index contributed by atoms with van der Waals surface area (Å²) in [5.41, 5.74) is 3.39. The van der Waals surface area contributed by atoms with Gasteiger partial charge in [-0.3, -0.25) is 4.79 Å². The van der Waals surface area contributed by atoms with Crippen molar-refractivity contribution in [2.75, 3.05) is 7.11 Å². The number of nitrogens with zero attached hydrogens (tertiary/aromatic N) is 1. The molecule has 0 unspecified atom stereocenters. The van der Waals surface area contributed by atoms with E-state index in [1.165, 1.54) is 13.2 Å². The molecule has 0 amide bonds. The summed E-state index contributed by atoms with van der Waals surface area (Å²) < 4.78 is 15.8. The Labute approximate surface area is 217 Å². The Morgan fingerprint density at radius 2 is 1.73 bits per heavy atom. The van der Waals surface area contributed by atoms with Gasteiger partial charge in [0.15, 0.2) is 11.5 Å². The molecule has 0 saturated carbocycles. The molecular formula is C28H23ClN2O6. The highest BCUT2D eigenvalue weighted by Gasteiger charge is 2.25. The van der Waals surface area contributed by atoms with E-state index in [1.807, 2.05) is 38.1 Å². The molecule has 2 aromatic heterocycles. The zero-order valence-electron chi connectivity index (χ0n) is 20.2. The van der Waals surface area contributed by atoms with Gasteiger partial charge >= 0.3 is 0 Å². The van der Waals surface area contributed by atoms with Crippen molar-refractivity contribution in [2.24, 2.45) is 0 Å². The molecule has 2 heterocycles. The topological polar surface area (TPSA) is 118 Å². The van der Waals surface area contributed by atoms with Crippen LogP contribution in [0, 0.1) is 0 Å². The van der Waals surface area contributed by atoms with Crippen molar-refractivity contribution in [3.8, 4) is 45.5 Å². The minimum atomic E-state index is -0.549. The van der Waals surface area contributed by atoms with Crippen LogP contribution in [0.2, 0.25) is 5.02 Å². The quantitative estimate of drug-likeness (QED) is 0.208. The van der Waals surface area contributed by atoms with Crippen LogP contribution in [-0.2, 0) is 0 Å². The lowest BCUT2D eigenvalue weighted by atomic mass is 9.97. The van der Waals surface area contributed by atoms with Crippen LogP contribution >= 0.6 is 11.6 Å². The molecule has 0 fully saturated rings. The molecule has 0 bridgehead atoms. The minimum Gasteiger partial charge on any atom is -0.504 e. The summed E-state index contributed by atoms with van der Waals surface area (Å²) in [6.07, 6.45) is -0.140. The molecule has 0 aliphatic heterocycles. The fraction of sp³-hybridized carbons (Fsp3) is 0.143. The molecule has 0 spiro atoms. The maximum atomic E-state index is 13.2. The Kier molecular flexibility index (Phi) is 6.27. The molecule has 0 saturated heterocycles. The maximum Gasteiger partial charge on any atom is 0.255 e. The Balaban J connectivity index is 1.53. The third-order valence-electron chi connectivity index (χ3n) is 5.89. The van der Waals surface area contributed by atoms with E-state index in [0.717, 1.165) is 11.1 Å². The number of aromatic nitrogens is 2. The van der Waals surface area contributed by atoms with Crippen LogP contribution in [0.5, 0.6) is 23.3 Å². The van der Waals surface area contributed by atoms with Crippen molar-refractivity contribution >= 4 is 28.3 Å². The number of ketones is 1. The van der Waals surface area contributed by atoms with Crippen molar-refractivity contribution < 1.29 is 29.0 Å². The summed E-state index contributed by atoms with van der Waals surface area (Å²) in [7, 11) is 1.50. The van der Waals surface area contributed by atoms with E-state index in [1.54, 1.807) is 30.3 Å². The Morgan fingerprint density at radius 3 is 2.41 bits per heavy atom. The van der Waals surface area contributed by atoms with E-state index in [2.05, 4.69) is 10.1 Å². The van der Waals surface area contributed by atoms with Crippen molar-refractivity contribution in [3.05, 3.63) is 77.0 Å². The van der Waals surface area contributed by atoms with Crippen molar-refractivity contribution in [1.29, 1.82) is 0 Å². The van der Waals surface area contributed by atoms with Crippen LogP contribution in [0.4, 0.5) is 0 Å². The number of carbonyl (C=O) groups excluding carboxylic acids is 1. The van der Waals surface area contributed by atoms with Gasteiger partial charge < -0.3 is 29.2 Å². The number of phenols is 1. The number of rotatable bonds is 7. The van der Waals surface area contributed by atoms with Gasteiger partial charge in [0.1, 0.15) is 0 Å². The van der Waals surface area contributed by atoms with Crippen LogP contribution in [0.15, 0.2) is 65.2 Å². The first-order chi connectivity index (χ1) is 17.8. The Morgan fingerprint density at radius 1 is 1.03 bits per heavy atom. The van der Waals surface area contributed by atoms with E-state index in [4.69, 9.17) is 25.6 Å². The number of aromatic amines is 1. The highest BCUT2D eigenvalue weighted by atomic mass is 35.5. The Hall–Kier alpha value is -4.43. The van der Waals surface area contributed by atoms with Gasteiger partial charge in [0.25, 0.3) is 5.88 Å². The van der Waals surface area contributed by atoms with Crippen molar-refractivity contribution in [2.45, 2.75) is 20.0 Å². The van der Waals surface area contributed by atoms with E-state index in [-0.39, 0.29) is 34.9 Å². The largest absolute Gasteiger partial charge is 0.504 e. The van der Waals surface area contributed by atoms with Crippen molar-refractivity contribution in [3.63, 3.8) is 0 Å². The predicted octanol–water partition coefficient (Wildman–Crippen LogP) is 6.58. The second-order valence-electron chi connectivity index (χ2n) is 8.69. The molecule has 5 rings (SSSR count). The second kappa shape index (κ2) is 9.55. The number of halogens is 1. The summed E-state index contributed by atoms with van der Waals surface area (Å²) in [6, 6.07) is 17.5. The second-order valence-corrected chi connectivity index (χ2v) is 9.09. The molecule has 0 atom stereocenters. The Bertz CT molecular complexity index is 1620. The normalized spacial score (nSPS) is 11.3. The highest BCUT2D eigenvalue weighted by Crippen LogP contribution is 2.40. The number of hydrogen-bond donors (Lipinski definition) is 3. The van der Waals surface area contributed by atoms with Gasteiger partial charge in [-0.25, -0.2) is 0 Å². The number of carbonyl (C=O) groups is 1. The molecule has 188 valence electrons. The average Bonchev–Trinajstić information content (AvgIpc) is 3.46. The fourth-order valence-electron chi connectivity index (χ4n) is 4.19. The summed E-state index contributed by atoms with van der Waals surface area (Å²) in [5.74, 6) is -0.298. The van der Waals surface area contributed by atoms with Crippen LogP contribution in [0.1, 0.15) is 30.0 Å². The number of nitrogens with one attached hydrogen (secondary N) is 1. The monoisotopic (exact) mass is 518 g/mol. The van der Waals surface area contributed by atoms with E-state index in [9.17, 15) is 15.0 Å². The van der Waals surface area contributed by atoms with Gasteiger partial charge in [0.2, 0.25) is 17.4 Å². The summed E-state index contributed by atoms with van der Waals surface area (Å²) >= 11 is 6.58. The number of H-pyrrole nitrogens is 1. The van der Waals surface area contributed by atoms with E-state index < -0.39 is 5.78 Å². The number of aromatic hydroxyl groups is 2. The molecule has 0 radical (unpaired) electrons. The van der Waals surface area contributed by atoms with E-state index >= 15 is 0 Å². The number of fused-ring (bicyclic) bond motifs is 1. The van der Waals surface area contributed by atoms with Crippen molar-refractivity contribution in [1.82, 2.24) is 10.1 Å². The zero-order valence-corrected chi connectivity index (χ0v) is 21.0. The predicted molar refractivity (Wildman–Crippen MR) is 140 cm³/mol. The smallest absolute Gasteiger partial charge is 0.255 e. The highest BCUT2D eigenvalue weighted by molar-refractivity contribution is 6.34. The number of ether oxygens (including phenoxy) is 2. The van der Waals surface area contributed by atoms with E-state index in [0.29, 0.717) is 32.8 Å². The third kappa shape index (κ3) is 4.47. The number of methoxy groups -OCH3 is 1. The minimum absolute atomic E-state index is 0.0399. The first-order valence-corrected chi connectivity index (χ1v) is 11.8. The van der Waals surface area contributed by atoms with Gasteiger partial charge in [0, 0.05) is 16.5 Å². The number of para-hydroxylation sites is 1. The molecule has 3 aromatic carbocycles. The molecule has 8 nitrogen and oxygen atoms in total. The molecule has 0 aliphatic rings. The van der Waals surface area contributed by atoms with Crippen LogP contribution in [0.3, 0.4) is 0 Å². The summed E-state index contributed by atoms with van der Waals surface area (Å²) in [5, 5.41) is 25.7. The van der Waals surface area contributed by atoms with Gasteiger partial charge in [-0.2, -0.15) is 0 Å². The van der Waals surface area contributed by atoms with Gasteiger partial charge in [-0.1, -0.05) is 48.0 Å². The average molecular weight is 519 g/mol. The first-order valence-electron chi connectivity index (χ1n) is 11.5. The molecule has 37 heavy (non-hydrogen) atoms. The molecule has 0 aliphatic carbocycles. The van der Waals surface area contributed by atoms with Crippen LogP contribution < -0.4 is 9.47 Å². The lowest BCUT2D eigenvalue weighted by molar-refractivity contribution is 0.0998. The summed E-state index contributed by atoms with van der Waals surface area (Å²) in [6.45, 7) is 3.66. The zero-order chi connectivity index (χ0) is 26.3. The van der Waals surface area contributed by atoms with Gasteiger partial charge in [-0.15, -0.1) is 0 Å². The fourth-order valence-corrected chi connectivity index (χ4v) is 4.46. The summed E-state index contributed by atoms with van der Waals surface area (Å²) in [4.78, 5) is 16.0. The first kappa shape index (κ1) is 24.3. The maximum absolute atomic E-state index is 13.2. The lowest BCUT2D eigenvalue weighted by Crippen LogP contribution is -2.05. The number of benzene rings is 3.